The maximum Gasteiger partial charge on any atom is 0.248 e. The zero-order chi connectivity index (χ0) is 11.0. The molecule has 0 spiro atoms. The number of rotatable bonds is 7. The molecular formula is C10H22N2O2. The minimum atomic E-state index is 0.0384. The van der Waals surface area contributed by atoms with Crippen molar-refractivity contribution in [2.24, 2.45) is 0 Å². The van der Waals surface area contributed by atoms with Crippen LogP contribution in [0.4, 0.5) is 0 Å². The molecule has 1 amide bonds. The molecular weight excluding hydrogens is 180 g/mol. The summed E-state index contributed by atoms with van der Waals surface area (Å²) in [6, 6.07) is 0.236. The van der Waals surface area contributed by atoms with E-state index in [0.29, 0.717) is 6.61 Å². The van der Waals surface area contributed by atoms with Crippen LogP contribution in [0.3, 0.4) is 0 Å². The van der Waals surface area contributed by atoms with Gasteiger partial charge in [-0.05, 0) is 20.4 Å². The summed E-state index contributed by atoms with van der Waals surface area (Å²) in [6.07, 6.45) is 0. The molecule has 84 valence electrons. The van der Waals surface area contributed by atoms with Crippen LogP contribution in [-0.2, 0) is 9.53 Å². The van der Waals surface area contributed by atoms with Gasteiger partial charge in [-0.25, -0.2) is 0 Å². The van der Waals surface area contributed by atoms with Gasteiger partial charge in [-0.2, -0.15) is 0 Å². The van der Waals surface area contributed by atoms with Gasteiger partial charge >= 0.3 is 0 Å². The lowest BCUT2D eigenvalue weighted by Crippen LogP contribution is -2.36. The fourth-order valence-corrected chi connectivity index (χ4v) is 0.870. The fourth-order valence-electron chi connectivity index (χ4n) is 0.870. The molecule has 0 heterocycles. The number of nitrogens with zero attached hydrogens (tertiary/aromatic N) is 1. The van der Waals surface area contributed by atoms with Crippen LogP contribution in [0.15, 0.2) is 0 Å². The van der Waals surface area contributed by atoms with Crippen molar-refractivity contribution in [1.82, 2.24) is 10.2 Å². The Morgan fingerprint density at radius 2 is 2.14 bits per heavy atom. The molecule has 0 unspecified atom stereocenters. The lowest BCUT2D eigenvalue weighted by molar-refractivity contribution is -0.136. The molecule has 0 aliphatic rings. The third-order valence-corrected chi connectivity index (χ3v) is 2.07. The van der Waals surface area contributed by atoms with E-state index in [1.165, 1.54) is 0 Å². The molecule has 4 heteroatoms. The number of carbonyl (C=O) groups excluding carboxylic acids is 1. The Labute approximate surface area is 86.6 Å². The van der Waals surface area contributed by atoms with Crippen molar-refractivity contribution in [3.05, 3.63) is 0 Å². The van der Waals surface area contributed by atoms with E-state index in [0.717, 1.165) is 13.1 Å². The van der Waals surface area contributed by atoms with Gasteiger partial charge in [-0.3, -0.25) is 4.79 Å². The largest absolute Gasteiger partial charge is 0.370 e. The molecule has 0 atom stereocenters. The van der Waals surface area contributed by atoms with Crippen LogP contribution in [0.1, 0.15) is 20.8 Å². The molecule has 0 aliphatic carbocycles. The predicted octanol–water partition coefficient (Wildman–Crippen LogP) is 0.479. The summed E-state index contributed by atoms with van der Waals surface area (Å²) >= 11 is 0. The first kappa shape index (κ1) is 13.4. The number of amides is 1. The van der Waals surface area contributed by atoms with Crippen molar-refractivity contribution < 1.29 is 9.53 Å². The van der Waals surface area contributed by atoms with E-state index in [-0.39, 0.29) is 18.6 Å². The van der Waals surface area contributed by atoms with Crippen molar-refractivity contribution >= 4 is 5.91 Å². The van der Waals surface area contributed by atoms with Crippen LogP contribution in [-0.4, -0.2) is 50.2 Å². The van der Waals surface area contributed by atoms with Crippen LogP contribution in [0.2, 0.25) is 0 Å². The van der Waals surface area contributed by atoms with Gasteiger partial charge in [0.15, 0.2) is 0 Å². The first-order valence-electron chi connectivity index (χ1n) is 5.13. The number of likely N-dealkylation sites (N-methyl/N-ethyl adjacent to an activating group) is 2. The Bertz CT molecular complexity index is 160. The third kappa shape index (κ3) is 5.94. The van der Waals surface area contributed by atoms with E-state index in [1.54, 1.807) is 11.9 Å². The van der Waals surface area contributed by atoms with Crippen molar-refractivity contribution in [3.63, 3.8) is 0 Å². The van der Waals surface area contributed by atoms with Crippen molar-refractivity contribution in [3.8, 4) is 0 Å². The molecule has 14 heavy (non-hydrogen) atoms. The second kappa shape index (κ2) is 7.76. The lowest BCUT2D eigenvalue weighted by atomic mass is 10.3. The van der Waals surface area contributed by atoms with Gasteiger partial charge in [0.1, 0.15) is 6.61 Å². The van der Waals surface area contributed by atoms with E-state index in [1.807, 2.05) is 20.8 Å². The molecule has 0 aliphatic heterocycles. The van der Waals surface area contributed by atoms with Gasteiger partial charge in [0.25, 0.3) is 0 Å². The van der Waals surface area contributed by atoms with Gasteiger partial charge in [-0.1, -0.05) is 6.92 Å². The van der Waals surface area contributed by atoms with Crippen LogP contribution in [0.5, 0.6) is 0 Å². The average Bonchev–Trinajstić information content (AvgIpc) is 2.16. The summed E-state index contributed by atoms with van der Waals surface area (Å²) in [5.41, 5.74) is 0. The molecule has 0 fully saturated rings. The summed E-state index contributed by atoms with van der Waals surface area (Å²) in [4.78, 5) is 13.1. The third-order valence-electron chi connectivity index (χ3n) is 2.07. The highest BCUT2D eigenvalue weighted by Crippen LogP contribution is 1.94. The van der Waals surface area contributed by atoms with Crippen LogP contribution in [0.25, 0.3) is 0 Å². The summed E-state index contributed by atoms with van der Waals surface area (Å²) in [5.74, 6) is 0.0384. The number of hydrogen-bond donors (Lipinski definition) is 1. The van der Waals surface area contributed by atoms with Gasteiger partial charge in [0.05, 0.1) is 6.61 Å². The quantitative estimate of drug-likeness (QED) is 0.611. The van der Waals surface area contributed by atoms with Crippen LogP contribution < -0.4 is 5.32 Å². The molecule has 0 rings (SSSR count). The molecule has 0 saturated carbocycles. The SMILES string of the molecule is CCNCCOCC(=O)N(C)C(C)C. The van der Waals surface area contributed by atoms with Crippen molar-refractivity contribution in [2.45, 2.75) is 26.8 Å². The second-order valence-electron chi connectivity index (χ2n) is 3.50. The van der Waals surface area contributed by atoms with E-state index in [4.69, 9.17) is 4.74 Å². The van der Waals surface area contributed by atoms with E-state index in [2.05, 4.69) is 5.32 Å². The monoisotopic (exact) mass is 202 g/mol. The van der Waals surface area contributed by atoms with Crippen LogP contribution >= 0.6 is 0 Å². The molecule has 4 nitrogen and oxygen atoms in total. The van der Waals surface area contributed by atoms with Gasteiger partial charge < -0.3 is 15.0 Å². The Morgan fingerprint density at radius 1 is 1.50 bits per heavy atom. The molecule has 0 bridgehead atoms. The molecule has 0 aromatic heterocycles. The minimum Gasteiger partial charge on any atom is -0.370 e. The second-order valence-corrected chi connectivity index (χ2v) is 3.50. The molecule has 0 radical (unpaired) electrons. The van der Waals surface area contributed by atoms with Gasteiger partial charge in [0.2, 0.25) is 5.91 Å². The highest BCUT2D eigenvalue weighted by atomic mass is 16.5. The zero-order valence-electron chi connectivity index (χ0n) is 9.67. The van der Waals surface area contributed by atoms with E-state index < -0.39 is 0 Å². The highest BCUT2D eigenvalue weighted by molar-refractivity contribution is 5.77. The van der Waals surface area contributed by atoms with E-state index in [9.17, 15) is 4.79 Å². The predicted molar refractivity (Wildman–Crippen MR) is 57.3 cm³/mol. The van der Waals surface area contributed by atoms with Crippen LogP contribution in [0, 0.1) is 0 Å². The highest BCUT2D eigenvalue weighted by Gasteiger charge is 2.10. The van der Waals surface area contributed by atoms with Gasteiger partial charge in [0, 0.05) is 19.6 Å². The number of ether oxygens (including phenoxy) is 1. The Hall–Kier alpha value is -0.610. The lowest BCUT2D eigenvalue weighted by Gasteiger charge is -2.21. The molecule has 0 saturated heterocycles. The minimum absolute atomic E-state index is 0.0384. The Balaban J connectivity index is 3.44. The number of hydrogen-bond acceptors (Lipinski definition) is 3. The Morgan fingerprint density at radius 3 is 2.64 bits per heavy atom. The fraction of sp³-hybridized carbons (Fsp3) is 0.900. The smallest absolute Gasteiger partial charge is 0.248 e. The first-order chi connectivity index (χ1) is 6.59. The zero-order valence-corrected chi connectivity index (χ0v) is 9.67. The Kier molecular flexibility index (Phi) is 7.42. The molecule has 0 aromatic rings. The standard InChI is InChI=1S/C10H22N2O2/c1-5-11-6-7-14-8-10(13)12(4)9(2)3/h9,11H,5-8H2,1-4H3. The normalized spacial score (nSPS) is 10.6. The number of carbonyl (C=O) groups is 1. The van der Waals surface area contributed by atoms with E-state index >= 15 is 0 Å². The average molecular weight is 202 g/mol. The summed E-state index contributed by atoms with van der Waals surface area (Å²) in [5, 5.41) is 3.12. The number of nitrogens with one attached hydrogen (secondary N) is 1. The van der Waals surface area contributed by atoms with Gasteiger partial charge in [-0.15, -0.1) is 0 Å². The summed E-state index contributed by atoms with van der Waals surface area (Å²) in [6.45, 7) is 8.51. The van der Waals surface area contributed by atoms with Crippen molar-refractivity contribution in [2.75, 3.05) is 33.4 Å². The first-order valence-corrected chi connectivity index (χ1v) is 5.13. The molecule has 1 N–H and O–H groups in total. The summed E-state index contributed by atoms with van der Waals surface area (Å²) < 4.78 is 5.22. The molecule has 0 aromatic carbocycles. The van der Waals surface area contributed by atoms with Crippen molar-refractivity contribution in [1.29, 1.82) is 0 Å². The summed E-state index contributed by atoms with van der Waals surface area (Å²) in [7, 11) is 1.79. The topological polar surface area (TPSA) is 41.6 Å². The maximum atomic E-state index is 11.4. The maximum absolute atomic E-state index is 11.4.